The van der Waals surface area contributed by atoms with E-state index in [1.54, 1.807) is 55.4 Å². The van der Waals surface area contributed by atoms with Crippen LogP contribution >= 0.6 is 0 Å². The Balaban J connectivity index is 1.68. The molecule has 0 spiro atoms. The van der Waals surface area contributed by atoms with E-state index in [0.717, 1.165) is 18.6 Å². The van der Waals surface area contributed by atoms with Gasteiger partial charge >= 0.3 is 0 Å². The fraction of sp³-hybridized carbons (Fsp3) is 0.429. The van der Waals surface area contributed by atoms with Crippen molar-refractivity contribution in [2.75, 3.05) is 26.2 Å². The summed E-state index contributed by atoms with van der Waals surface area (Å²) in [5, 5.41) is 0. The molecule has 1 aliphatic rings. The van der Waals surface area contributed by atoms with Gasteiger partial charge in [-0.1, -0.05) is 13.8 Å². The zero-order chi connectivity index (χ0) is 20.9. The van der Waals surface area contributed by atoms with E-state index in [2.05, 4.69) is 4.98 Å². The van der Waals surface area contributed by atoms with Crippen LogP contribution in [0.2, 0.25) is 0 Å². The van der Waals surface area contributed by atoms with Crippen molar-refractivity contribution in [1.29, 1.82) is 0 Å². The van der Waals surface area contributed by atoms with Crippen molar-refractivity contribution in [3.05, 3.63) is 54.4 Å². The molecule has 2 aromatic rings. The van der Waals surface area contributed by atoms with Crippen LogP contribution in [0.4, 0.5) is 0 Å². The van der Waals surface area contributed by atoms with Crippen LogP contribution in [0.25, 0.3) is 0 Å². The van der Waals surface area contributed by atoms with E-state index in [4.69, 9.17) is 4.74 Å². The number of likely N-dealkylation sites (tertiary alicyclic amines) is 1. The van der Waals surface area contributed by atoms with Crippen molar-refractivity contribution in [2.45, 2.75) is 37.7 Å². The van der Waals surface area contributed by atoms with Gasteiger partial charge in [0, 0.05) is 37.6 Å². The normalized spacial score (nSPS) is 17.3. The molecule has 0 saturated carbocycles. The summed E-state index contributed by atoms with van der Waals surface area (Å²) in [5.74, 6) is 0.630. The molecule has 0 aliphatic carbocycles. The van der Waals surface area contributed by atoms with Gasteiger partial charge in [0.1, 0.15) is 11.9 Å². The highest BCUT2D eigenvalue weighted by atomic mass is 32.2. The van der Waals surface area contributed by atoms with E-state index in [0.29, 0.717) is 31.7 Å². The predicted molar refractivity (Wildman–Crippen MR) is 110 cm³/mol. The topological polar surface area (TPSA) is 79.8 Å². The Kier molecular flexibility index (Phi) is 6.87. The minimum Gasteiger partial charge on any atom is -0.488 e. The van der Waals surface area contributed by atoms with Crippen molar-refractivity contribution in [3.63, 3.8) is 0 Å². The highest BCUT2D eigenvalue weighted by Gasteiger charge is 2.27. The lowest BCUT2D eigenvalue weighted by molar-refractivity contribution is 0.0537. The van der Waals surface area contributed by atoms with Gasteiger partial charge in [0.25, 0.3) is 5.91 Å². The molecular formula is C21H27N3O4S. The Morgan fingerprint density at radius 3 is 2.41 bits per heavy atom. The number of carbonyl (C=O) groups excluding carboxylic acids is 1. The first-order chi connectivity index (χ1) is 14.0. The van der Waals surface area contributed by atoms with Gasteiger partial charge < -0.3 is 9.64 Å². The molecular weight excluding hydrogens is 390 g/mol. The quantitative estimate of drug-likeness (QED) is 0.692. The van der Waals surface area contributed by atoms with Crippen LogP contribution in [0, 0.1) is 0 Å². The van der Waals surface area contributed by atoms with Crippen molar-refractivity contribution in [2.24, 2.45) is 0 Å². The minimum absolute atomic E-state index is 0.0718. The smallest absolute Gasteiger partial charge is 0.253 e. The summed E-state index contributed by atoms with van der Waals surface area (Å²) in [5.41, 5.74) is 0.480. The maximum Gasteiger partial charge on any atom is 0.253 e. The van der Waals surface area contributed by atoms with E-state index in [9.17, 15) is 13.2 Å². The lowest BCUT2D eigenvalue weighted by atomic mass is 10.1. The second-order valence-corrected chi connectivity index (χ2v) is 8.87. The molecule has 1 aromatic heterocycles. The Morgan fingerprint density at radius 1 is 1.14 bits per heavy atom. The van der Waals surface area contributed by atoms with Crippen LogP contribution in [-0.2, 0) is 10.0 Å². The molecule has 2 heterocycles. The number of pyridine rings is 1. The van der Waals surface area contributed by atoms with Gasteiger partial charge in [0.2, 0.25) is 10.0 Å². The molecule has 156 valence electrons. The monoisotopic (exact) mass is 417 g/mol. The average Bonchev–Trinajstić information content (AvgIpc) is 2.75. The number of sulfonamides is 1. The molecule has 7 nitrogen and oxygen atoms in total. The van der Waals surface area contributed by atoms with Crippen LogP contribution in [-0.4, -0.2) is 60.8 Å². The summed E-state index contributed by atoms with van der Waals surface area (Å²) in [6, 6.07) is 9.80. The van der Waals surface area contributed by atoms with E-state index < -0.39 is 10.0 Å². The fourth-order valence-electron chi connectivity index (χ4n) is 3.49. The number of rotatable bonds is 7. The summed E-state index contributed by atoms with van der Waals surface area (Å²) in [7, 11) is -3.53. The number of hydrogen-bond acceptors (Lipinski definition) is 5. The lowest BCUT2D eigenvalue weighted by Gasteiger charge is -2.33. The van der Waals surface area contributed by atoms with Crippen LogP contribution in [0.3, 0.4) is 0 Å². The largest absolute Gasteiger partial charge is 0.488 e. The molecule has 0 bridgehead atoms. The number of carbonyl (C=O) groups is 1. The van der Waals surface area contributed by atoms with Gasteiger partial charge in [-0.2, -0.15) is 4.31 Å². The third-order valence-electron chi connectivity index (χ3n) is 5.06. The molecule has 1 aliphatic heterocycles. The minimum atomic E-state index is -3.53. The Morgan fingerprint density at radius 2 is 1.79 bits per heavy atom. The van der Waals surface area contributed by atoms with E-state index in [1.807, 2.05) is 0 Å². The van der Waals surface area contributed by atoms with Gasteiger partial charge in [0.15, 0.2) is 0 Å². The summed E-state index contributed by atoms with van der Waals surface area (Å²) in [4.78, 5) is 18.9. The summed E-state index contributed by atoms with van der Waals surface area (Å²) >= 11 is 0. The molecule has 1 saturated heterocycles. The van der Waals surface area contributed by atoms with E-state index in [1.165, 1.54) is 16.4 Å². The number of piperidine rings is 1. The SMILES string of the molecule is CCN(CC)S(=O)(=O)c1ccc(C(=O)N2CCCC(Oc3ccncc3)C2)cc1. The molecule has 0 N–H and O–H groups in total. The highest BCUT2D eigenvalue weighted by Crippen LogP contribution is 2.21. The molecule has 1 aromatic carbocycles. The molecule has 3 rings (SSSR count). The van der Waals surface area contributed by atoms with Gasteiger partial charge in [-0.3, -0.25) is 9.78 Å². The fourth-order valence-corrected chi connectivity index (χ4v) is 4.95. The molecule has 1 unspecified atom stereocenters. The number of benzene rings is 1. The highest BCUT2D eigenvalue weighted by molar-refractivity contribution is 7.89. The second-order valence-electron chi connectivity index (χ2n) is 6.93. The molecule has 1 fully saturated rings. The van der Waals surface area contributed by atoms with E-state index in [-0.39, 0.29) is 16.9 Å². The summed E-state index contributed by atoms with van der Waals surface area (Å²) < 4.78 is 32.6. The Labute approximate surface area is 172 Å². The van der Waals surface area contributed by atoms with Crippen LogP contribution in [0.15, 0.2) is 53.7 Å². The molecule has 8 heteroatoms. The zero-order valence-electron chi connectivity index (χ0n) is 16.8. The number of ether oxygens (including phenoxy) is 1. The van der Waals surface area contributed by atoms with Crippen molar-refractivity contribution in [3.8, 4) is 5.75 Å². The first-order valence-electron chi connectivity index (χ1n) is 9.91. The maximum absolute atomic E-state index is 12.9. The third-order valence-corrected chi connectivity index (χ3v) is 7.13. The predicted octanol–water partition coefficient (Wildman–Crippen LogP) is 2.80. The maximum atomic E-state index is 12.9. The molecule has 29 heavy (non-hydrogen) atoms. The van der Waals surface area contributed by atoms with Crippen molar-refractivity contribution < 1.29 is 17.9 Å². The third kappa shape index (κ3) is 4.94. The Bertz CT molecular complexity index is 913. The standard InChI is InChI=1S/C21H27N3O4S/c1-3-24(4-2)29(26,27)20-9-7-17(8-10-20)21(25)23-15-5-6-19(16-23)28-18-11-13-22-14-12-18/h7-14,19H,3-6,15-16H2,1-2H3. The van der Waals surface area contributed by atoms with Crippen LogP contribution in [0.1, 0.15) is 37.0 Å². The first kappa shape index (κ1) is 21.3. The Hall–Kier alpha value is -2.45. The van der Waals surface area contributed by atoms with Crippen LogP contribution in [0.5, 0.6) is 5.75 Å². The number of aromatic nitrogens is 1. The first-order valence-corrected chi connectivity index (χ1v) is 11.4. The van der Waals surface area contributed by atoms with E-state index >= 15 is 0 Å². The van der Waals surface area contributed by atoms with Gasteiger partial charge in [-0.05, 0) is 49.2 Å². The lowest BCUT2D eigenvalue weighted by Crippen LogP contribution is -2.44. The zero-order valence-corrected chi connectivity index (χ0v) is 17.6. The van der Waals surface area contributed by atoms with Crippen molar-refractivity contribution >= 4 is 15.9 Å². The molecule has 0 radical (unpaired) electrons. The molecule has 1 atom stereocenters. The average molecular weight is 418 g/mol. The van der Waals surface area contributed by atoms with Gasteiger partial charge in [0.05, 0.1) is 11.4 Å². The number of nitrogens with zero attached hydrogens (tertiary/aromatic N) is 3. The summed E-state index contributed by atoms with van der Waals surface area (Å²) in [6.45, 7) is 5.59. The van der Waals surface area contributed by atoms with Crippen molar-refractivity contribution in [1.82, 2.24) is 14.2 Å². The number of amides is 1. The summed E-state index contributed by atoms with van der Waals surface area (Å²) in [6.07, 6.45) is 5.02. The van der Waals surface area contributed by atoms with Gasteiger partial charge in [-0.25, -0.2) is 8.42 Å². The van der Waals surface area contributed by atoms with Gasteiger partial charge in [-0.15, -0.1) is 0 Å². The number of hydrogen-bond donors (Lipinski definition) is 0. The second kappa shape index (κ2) is 9.37. The molecule has 1 amide bonds. The van der Waals surface area contributed by atoms with Crippen LogP contribution < -0.4 is 4.74 Å².